The van der Waals surface area contributed by atoms with E-state index in [-0.39, 0.29) is 17.3 Å². The number of carbonyl (C=O) groups excluding carboxylic acids is 2. The van der Waals surface area contributed by atoms with Crippen molar-refractivity contribution in [3.05, 3.63) is 69.0 Å². The number of aliphatic carboxylic acids is 1. The Morgan fingerprint density at radius 2 is 1.90 bits per heavy atom. The quantitative estimate of drug-likeness (QED) is 0.434. The van der Waals surface area contributed by atoms with E-state index < -0.39 is 17.8 Å². The first kappa shape index (κ1) is 22.0. The zero-order chi connectivity index (χ0) is 21.7. The Hall–Kier alpha value is -2.69. The summed E-state index contributed by atoms with van der Waals surface area (Å²) in [5.41, 5.74) is 3.50. The molecular weight excluding hydrogens is 492 g/mol. The third-order valence-electron chi connectivity index (χ3n) is 3.89. The van der Waals surface area contributed by atoms with Gasteiger partial charge in [0.05, 0.1) is 17.9 Å². The Morgan fingerprint density at radius 1 is 1.20 bits per heavy atom. The lowest BCUT2D eigenvalue weighted by Gasteiger charge is -2.15. The van der Waals surface area contributed by atoms with Crippen LogP contribution in [0.3, 0.4) is 0 Å². The summed E-state index contributed by atoms with van der Waals surface area (Å²) >= 11 is 9.59. The number of hydrazine groups is 1. The van der Waals surface area contributed by atoms with Crippen molar-refractivity contribution in [3.63, 3.8) is 0 Å². The zero-order valence-electron chi connectivity index (χ0n) is 15.3. The number of carbonyl (C=O) groups is 3. The number of carboxylic acids is 1. The van der Waals surface area contributed by atoms with Crippen LogP contribution in [0.25, 0.3) is 6.08 Å². The van der Waals surface area contributed by atoms with Gasteiger partial charge in [-0.05, 0) is 48.6 Å². The van der Waals surface area contributed by atoms with Gasteiger partial charge in [-0.1, -0.05) is 45.9 Å². The summed E-state index contributed by atoms with van der Waals surface area (Å²) in [5, 5.41) is 9.79. The van der Waals surface area contributed by atoms with Crippen molar-refractivity contribution in [1.29, 1.82) is 0 Å². The Morgan fingerprint density at radius 3 is 2.60 bits per heavy atom. The lowest BCUT2D eigenvalue weighted by molar-refractivity contribution is -0.137. The summed E-state index contributed by atoms with van der Waals surface area (Å²) in [6.07, 6.45) is 1.46. The maximum atomic E-state index is 12.8. The minimum Gasteiger partial charge on any atom is -0.492 e. The molecule has 1 aliphatic rings. The van der Waals surface area contributed by atoms with Crippen LogP contribution in [0.5, 0.6) is 5.75 Å². The zero-order valence-corrected chi connectivity index (χ0v) is 18.6. The molecule has 154 valence electrons. The van der Waals surface area contributed by atoms with Crippen LogP contribution in [-0.2, 0) is 9.59 Å². The molecule has 1 heterocycles. The van der Waals surface area contributed by atoms with Gasteiger partial charge in [0.2, 0.25) is 0 Å². The largest absolute Gasteiger partial charge is 0.492 e. The van der Waals surface area contributed by atoms with Crippen LogP contribution in [-0.4, -0.2) is 38.8 Å². The van der Waals surface area contributed by atoms with Crippen LogP contribution < -0.4 is 10.2 Å². The van der Waals surface area contributed by atoms with E-state index in [9.17, 15) is 14.4 Å². The van der Waals surface area contributed by atoms with Gasteiger partial charge in [0, 0.05) is 15.6 Å². The predicted molar refractivity (Wildman–Crippen MR) is 121 cm³/mol. The van der Waals surface area contributed by atoms with Crippen molar-refractivity contribution in [2.45, 2.75) is 6.42 Å². The number of hydrogen-bond donors (Lipinski definition) is 2. The molecule has 0 aliphatic carbocycles. The van der Waals surface area contributed by atoms with E-state index in [1.54, 1.807) is 54.6 Å². The number of nitrogens with one attached hydrogen (secondary N) is 1. The highest BCUT2D eigenvalue weighted by molar-refractivity contribution is 9.10. The van der Waals surface area contributed by atoms with Crippen LogP contribution >= 0.6 is 39.9 Å². The molecule has 0 unspecified atom stereocenters. The molecule has 0 bridgehead atoms. The van der Waals surface area contributed by atoms with Gasteiger partial charge in [0.15, 0.2) is 4.32 Å². The van der Waals surface area contributed by atoms with Crippen molar-refractivity contribution in [3.8, 4) is 5.75 Å². The number of ether oxygens (including phenoxy) is 1. The number of halogens is 1. The standard InChI is InChI=1S/C20H15BrN2O5S2/c21-14-7-5-12(6-8-14)18(26)22-23-19(27)16(30-20(23)29)11-13-3-1-2-4-15(13)28-10-9-17(24)25/h1-8,11H,9-10H2,(H,22,26)(H,24,25)/b16-11+. The second-order valence-electron chi connectivity index (χ2n) is 5.99. The molecule has 1 aliphatic heterocycles. The van der Waals surface area contributed by atoms with Gasteiger partial charge >= 0.3 is 5.97 Å². The van der Waals surface area contributed by atoms with Crippen molar-refractivity contribution < 1.29 is 24.2 Å². The number of para-hydroxylation sites is 1. The van der Waals surface area contributed by atoms with Crippen molar-refractivity contribution in [2.24, 2.45) is 0 Å². The number of rotatable bonds is 7. The average Bonchev–Trinajstić information content (AvgIpc) is 2.97. The maximum absolute atomic E-state index is 12.8. The van der Waals surface area contributed by atoms with Crippen molar-refractivity contribution in [2.75, 3.05) is 6.61 Å². The van der Waals surface area contributed by atoms with Crippen LogP contribution in [0.2, 0.25) is 0 Å². The van der Waals surface area contributed by atoms with Gasteiger partial charge in [0.25, 0.3) is 11.8 Å². The van der Waals surface area contributed by atoms with Gasteiger partial charge < -0.3 is 9.84 Å². The fourth-order valence-electron chi connectivity index (χ4n) is 2.45. The molecule has 2 aromatic carbocycles. The number of carboxylic acid groups (broad SMARTS) is 1. The van der Waals surface area contributed by atoms with E-state index in [0.717, 1.165) is 21.2 Å². The number of hydrogen-bond acceptors (Lipinski definition) is 6. The second-order valence-corrected chi connectivity index (χ2v) is 8.59. The van der Waals surface area contributed by atoms with Crippen molar-refractivity contribution >= 4 is 68.1 Å². The molecule has 1 saturated heterocycles. The highest BCUT2D eigenvalue weighted by atomic mass is 79.9. The minimum absolute atomic E-state index is 0.00436. The first-order valence-corrected chi connectivity index (χ1v) is 10.6. The molecule has 2 aromatic rings. The molecule has 0 spiro atoms. The summed E-state index contributed by atoms with van der Waals surface area (Å²) in [6, 6.07) is 13.6. The molecule has 0 aromatic heterocycles. The minimum atomic E-state index is -0.963. The second kappa shape index (κ2) is 9.88. The SMILES string of the molecule is O=C(O)CCOc1ccccc1/C=C1/SC(=S)N(NC(=O)c2ccc(Br)cc2)C1=O. The first-order chi connectivity index (χ1) is 14.3. The van der Waals surface area contributed by atoms with Gasteiger partial charge in [-0.15, -0.1) is 0 Å². The first-order valence-electron chi connectivity index (χ1n) is 8.63. The van der Waals surface area contributed by atoms with E-state index in [1.807, 2.05) is 0 Å². The number of benzene rings is 2. The summed E-state index contributed by atoms with van der Waals surface area (Å²) in [5.74, 6) is -1.44. The summed E-state index contributed by atoms with van der Waals surface area (Å²) in [6.45, 7) is 0.00436. The van der Waals surface area contributed by atoms with Crippen LogP contribution in [0.1, 0.15) is 22.3 Å². The Balaban J connectivity index is 1.74. The van der Waals surface area contributed by atoms with Crippen LogP contribution in [0.15, 0.2) is 57.9 Å². The number of thiocarbonyl (C=S) groups is 1. The monoisotopic (exact) mass is 506 g/mol. The molecule has 7 nitrogen and oxygen atoms in total. The van der Waals surface area contributed by atoms with E-state index in [1.165, 1.54) is 0 Å². The maximum Gasteiger partial charge on any atom is 0.306 e. The number of amides is 2. The average molecular weight is 507 g/mol. The summed E-state index contributed by atoms with van der Waals surface area (Å²) < 4.78 is 6.54. The Kier molecular flexibility index (Phi) is 7.24. The topological polar surface area (TPSA) is 95.9 Å². The molecule has 1 fully saturated rings. The molecule has 2 N–H and O–H groups in total. The van der Waals surface area contributed by atoms with E-state index in [4.69, 9.17) is 22.1 Å². The smallest absolute Gasteiger partial charge is 0.306 e. The Labute approximate surface area is 190 Å². The molecule has 0 atom stereocenters. The lowest BCUT2D eigenvalue weighted by Crippen LogP contribution is -2.44. The molecule has 2 amide bonds. The molecule has 0 radical (unpaired) electrons. The van der Waals surface area contributed by atoms with Crippen LogP contribution in [0.4, 0.5) is 0 Å². The lowest BCUT2D eigenvalue weighted by atomic mass is 10.2. The van der Waals surface area contributed by atoms with Gasteiger partial charge in [0.1, 0.15) is 5.75 Å². The number of thioether (sulfide) groups is 1. The van der Waals surface area contributed by atoms with Crippen LogP contribution in [0, 0.1) is 0 Å². The van der Waals surface area contributed by atoms with E-state index in [2.05, 4.69) is 21.4 Å². The van der Waals surface area contributed by atoms with Crippen molar-refractivity contribution in [1.82, 2.24) is 10.4 Å². The normalized spacial score (nSPS) is 14.8. The van der Waals surface area contributed by atoms with E-state index in [0.29, 0.717) is 21.8 Å². The van der Waals surface area contributed by atoms with E-state index >= 15 is 0 Å². The highest BCUT2D eigenvalue weighted by Gasteiger charge is 2.34. The molecule has 10 heteroatoms. The third kappa shape index (κ3) is 5.47. The predicted octanol–water partition coefficient (Wildman–Crippen LogP) is 3.85. The summed E-state index contributed by atoms with van der Waals surface area (Å²) in [4.78, 5) is 36.2. The molecule has 3 rings (SSSR count). The fraction of sp³-hybridized carbons (Fsp3) is 0.100. The molecular formula is C20H15BrN2O5S2. The third-order valence-corrected chi connectivity index (χ3v) is 5.72. The molecule has 30 heavy (non-hydrogen) atoms. The van der Waals surface area contributed by atoms with Gasteiger partial charge in [-0.2, -0.15) is 5.01 Å². The van der Waals surface area contributed by atoms with Gasteiger partial charge in [-0.3, -0.25) is 19.8 Å². The number of nitrogens with zero attached hydrogens (tertiary/aromatic N) is 1. The highest BCUT2D eigenvalue weighted by Crippen LogP contribution is 2.33. The summed E-state index contributed by atoms with van der Waals surface area (Å²) in [7, 11) is 0. The molecule has 0 saturated carbocycles. The Bertz CT molecular complexity index is 1040. The van der Waals surface area contributed by atoms with Gasteiger partial charge in [-0.25, -0.2) is 0 Å². The fourth-order valence-corrected chi connectivity index (χ4v) is 3.89.